The standard InChI is InChI=1S/C23H27F2N5O/c1-22(2,3)21(28-6)30(27)17-10-15(14-7-8-18(24)19(25)12-14)9-16(11-17)20(31)29-23(4,5)13-26/h7-12H,27H2,1-6H3,(H,29,31). The van der Waals surface area contributed by atoms with E-state index in [1.165, 1.54) is 17.1 Å². The second kappa shape index (κ2) is 8.82. The van der Waals surface area contributed by atoms with Gasteiger partial charge in [0.15, 0.2) is 11.6 Å². The number of hydrazine groups is 1. The highest BCUT2D eigenvalue weighted by Crippen LogP contribution is 2.30. The number of benzene rings is 2. The zero-order chi connectivity index (χ0) is 23.6. The SMILES string of the molecule is CN=C(N(N)c1cc(C(=O)NC(C)(C)C#N)cc(-c2ccc(F)c(F)c2)c1)C(C)(C)C. The number of aliphatic imine (C=N–C) groups is 1. The summed E-state index contributed by atoms with van der Waals surface area (Å²) in [6.07, 6.45) is 0. The summed E-state index contributed by atoms with van der Waals surface area (Å²) in [7, 11) is 1.61. The molecule has 0 aromatic heterocycles. The van der Waals surface area contributed by atoms with Crippen molar-refractivity contribution in [3.8, 4) is 17.2 Å². The molecule has 0 aliphatic heterocycles. The van der Waals surface area contributed by atoms with E-state index in [-0.39, 0.29) is 5.56 Å². The number of nitrogens with two attached hydrogens (primary N) is 1. The Bertz CT molecular complexity index is 1060. The topological polar surface area (TPSA) is 94.5 Å². The number of nitrogens with one attached hydrogen (secondary N) is 1. The lowest BCUT2D eigenvalue weighted by atomic mass is 9.93. The van der Waals surface area contributed by atoms with Crippen molar-refractivity contribution in [2.75, 3.05) is 12.1 Å². The van der Waals surface area contributed by atoms with Crippen molar-refractivity contribution in [3.05, 3.63) is 53.6 Å². The summed E-state index contributed by atoms with van der Waals surface area (Å²) in [6, 6.07) is 10.2. The fourth-order valence-corrected chi connectivity index (χ4v) is 3.03. The number of carbonyl (C=O) groups is 1. The highest BCUT2D eigenvalue weighted by atomic mass is 19.2. The second-order valence-electron chi connectivity index (χ2n) is 8.76. The summed E-state index contributed by atoms with van der Waals surface area (Å²) in [5.74, 6) is 4.42. The molecule has 164 valence electrons. The van der Waals surface area contributed by atoms with Gasteiger partial charge in [-0.2, -0.15) is 5.26 Å². The van der Waals surface area contributed by atoms with Gasteiger partial charge in [0, 0.05) is 18.0 Å². The van der Waals surface area contributed by atoms with Crippen LogP contribution in [0.4, 0.5) is 14.5 Å². The largest absolute Gasteiger partial charge is 0.334 e. The van der Waals surface area contributed by atoms with Gasteiger partial charge in [-0.25, -0.2) is 14.6 Å². The highest BCUT2D eigenvalue weighted by molar-refractivity contribution is 6.03. The Kier molecular flexibility index (Phi) is 6.82. The van der Waals surface area contributed by atoms with Crippen molar-refractivity contribution >= 4 is 17.4 Å². The molecule has 2 aromatic rings. The van der Waals surface area contributed by atoms with Crippen LogP contribution in [0.3, 0.4) is 0 Å². The van der Waals surface area contributed by atoms with Crippen molar-refractivity contribution < 1.29 is 13.6 Å². The molecule has 2 aromatic carbocycles. The van der Waals surface area contributed by atoms with Crippen molar-refractivity contribution in [3.63, 3.8) is 0 Å². The predicted molar refractivity (Wildman–Crippen MR) is 118 cm³/mol. The molecule has 0 fully saturated rings. The lowest BCUT2D eigenvalue weighted by Gasteiger charge is -2.30. The van der Waals surface area contributed by atoms with E-state index >= 15 is 0 Å². The van der Waals surface area contributed by atoms with Gasteiger partial charge in [0.25, 0.3) is 5.91 Å². The summed E-state index contributed by atoms with van der Waals surface area (Å²) in [6.45, 7) is 8.97. The normalized spacial score (nSPS) is 12.3. The molecule has 0 spiro atoms. The van der Waals surface area contributed by atoms with E-state index in [1.54, 1.807) is 33.0 Å². The summed E-state index contributed by atoms with van der Waals surface area (Å²) >= 11 is 0. The molecule has 0 heterocycles. The Balaban J connectivity index is 2.66. The number of amides is 1. The molecule has 0 radical (unpaired) electrons. The third kappa shape index (κ3) is 5.64. The first-order chi connectivity index (χ1) is 14.3. The summed E-state index contributed by atoms with van der Waals surface area (Å²) in [4.78, 5) is 17.1. The van der Waals surface area contributed by atoms with Crippen LogP contribution in [0, 0.1) is 28.4 Å². The van der Waals surface area contributed by atoms with Gasteiger partial charge >= 0.3 is 0 Å². The van der Waals surface area contributed by atoms with Crippen LogP contribution in [0.1, 0.15) is 45.0 Å². The molecule has 0 bridgehead atoms. The van der Waals surface area contributed by atoms with Crippen LogP contribution in [0.2, 0.25) is 0 Å². The Morgan fingerprint density at radius 2 is 1.71 bits per heavy atom. The number of anilines is 1. The number of nitriles is 1. The molecule has 0 saturated heterocycles. The molecule has 0 aliphatic carbocycles. The smallest absolute Gasteiger partial charge is 0.252 e. The van der Waals surface area contributed by atoms with Crippen LogP contribution in [0.15, 0.2) is 41.4 Å². The lowest BCUT2D eigenvalue weighted by molar-refractivity contribution is 0.0929. The fraction of sp³-hybridized carbons (Fsp3) is 0.348. The molecule has 8 heteroatoms. The number of carbonyl (C=O) groups excluding carboxylic acids is 1. The number of hydrogen-bond acceptors (Lipinski definition) is 4. The van der Waals surface area contributed by atoms with E-state index in [0.717, 1.165) is 12.1 Å². The van der Waals surface area contributed by atoms with Gasteiger partial charge < -0.3 is 5.32 Å². The molecular weight excluding hydrogens is 400 g/mol. The van der Waals surface area contributed by atoms with E-state index in [9.17, 15) is 18.8 Å². The van der Waals surface area contributed by atoms with E-state index in [2.05, 4.69) is 10.3 Å². The van der Waals surface area contributed by atoms with Crippen LogP contribution in [0.25, 0.3) is 11.1 Å². The Morgan fingerprint density at radius 3 is 2.23 bits per heavy atom. The van der Waals surface area contributed by atoms with Crippen LogP contribution in [-0.4, -0.2) is 24.3 Å². The fourth-order valence-electron chi connectivity index (χ4n) is 3.03. The van der Waals surface area contributed by atoms with Crippen molar-refractivity contribution in [2.24, 2.45) is 16.3 Å². The molecule has 0 unspecified atom stereocenters. The molecular formula is C23H27F2N5O. The van der Waals surface area contributed by atoms with E-state index in [0.29, 0.717) is 22.6 Å². The second-order valence-corrected chi connectivity index (χ2v) is 8.76. The molecule has 0 aliphatic rings. The molecule has 3 N–H and O–H groups in total. The number of nitrogens with zero attached hydrogens (tertiary/aromatic N) is 3. The van der Waals surface area contributed by atoms with Crippen LogP contribution >= 0.6 is 0 Å². The van der Waals surface area contributed by atoms with Gasteiger partial charge in [-0.15, -0.1) is 0 Å². The molecule has 0 saturated carbocycles. The summed E-state index contributed by atoms with van der Waals surface area (Å²) in [5, 5.41) is 13.2. The van der Waals surface area contributed by atoms with Gasteiger partial charge in [0.05, 0.1) is 11.8 Å². The molecule has 2 rings (SSSR count). The Hall–Kier alpha value is -3.31. The summed E-state index contributed by atoms with van der Waals surface area (Å²) < 4.78 is 27.3. The van der Waals surface area contributed by atoms with Gasteiger partial charge in [0.1, 0.15) is 11.4 Å². The highest BCUT2D eigenvalue weighted by Gasteiger charge is 2.26. The predicted octanol–water partition coefficient (Wildman–Crippen LogP) is 4.42. The quantitative estimate of drug-likeness (QED) is 0.327. The van der Waals surface area contributed by atoms with Crippen molar-refractivity contribution in [1.29, 1.82) is 5.26 Å². The molecule has 0 atom stereocenters. The van der Waals surface area contributed by atoms with Gasteiger partial charge in [-0.3, -0.25) is 14.8 Å². The first-order valence-corrected chi connectivity index (χ1v) is 9.65. The summed E-state index contributed by atoms with van der Waals surface area (Å²) in [5.41, 5.74) is -0.0335. The zero-order valence-electron chi connectivity index (χ0n) is 18.5. The van der Waals surface area contributed by atoms with E-state index < -0.39 is 28.5 Å². The van der Waals surface area contributed by atoms with E-state index in [4.69, 9.17) is 5.84 Å². The van der Waals surface area contributed by atoms with Crippen LogP contribution in [-0.2, 0) is 0 Å². The van der Waals surface area contributed by atoms with E-state index in [1.807, 2.05) is 26.8 Å². The minimum Gasteiger partial charge on any atom is -0.334 e. The molecule has 6 nitrogen and oxygen atoms in total. The maximum Gasteiger partial charge on any atom is 0.252 e. The first kappa shape index (κ1) is 24.0. The first-order valence-electron chi connectivity index (χ1n) is 9.65. The van der Waals surface area contributed by atoms with Crippen molar-refractivity contribution in [2.45, 2.75) is 40.2 Å². The lowest BCUT2D eigenvalue weighted by Crippen LogP contribution is -2.45. The Labute approximate surface area is 181 Å². The van der Waals surface area contributed by atoms with Gasteiger partial charge in [0.2, 0.25) is 0 Å². The average molecular weight is 427 g/mol. The minimum atomic E-state index is -1.10. The van der Waals surface area contributed by atoms with Crippen LogP contribution in [0.5, 0.6) is 0 Å². The Morgan fingerprint density at radius 1 is 1.06 bits per heavy atom. The molecule has 1 amide bonds. The van der Waals surface area contributed by atoms with Crippen LogP contribution < -0.4 is 16.2 Å². The number of rotatable bonds is 4. The maximum atomic E-state index is 13.8. The average Bonchev–Trinajstić information content (AvgIpc) is 2.68. The number of amidine groups is 1. The zero-order valence-corrected chi connectivity index (χ0v) is 18.5. The van der Waals surface area contributed by atoms with Crippen molar-refractivity contribution in [1.82, 2.24) is 5.32 Å². The van der Waals surface area contributed by atoms with Gasteiger partial charge in [-0.05, 0) is 55.3 Å². The maximum absolute atomic E-state index is 13.8. The minimum absolute atomic E-state index is 0.209. The third-order valence-electron chi connectivity index (χ3n) is 4.53. The van der Waals surface area contributed by atoms with Gasteiger partial charge in [-0.1, -0.05) is 26.8 Å². The molecule has 31 heavy (non-hydrogen) atoms. The monoisotopic (exact) mass is 427 g/mol. The third-order valence-corrected chi connectivity index (χ3v) is 4.53. The number of hydrogen-bond donors (Lipinski definition) is 2. The number of halogens is 2.